The predicted molar refractivity (Wildman–Crippen MR) is 100 cm³/mol. The van der Waals surface area contributed by atoms with Crippen molar-refractivity contribution in [1.82, 2.24) is 0 Å². The van der Waals surface area contributed by atoms with E-state index in [2.05, 4.69) is 4.74 Å². The Balaban J connectivity index is 2.25. The summed E-state index contributed by atoms with van der Waals surface area (Å²) < 4.78 is 14.5. The number of methoxy groups -OCH3 is 1. The fraction of sp³-hybridized carbons (Fsp3) is 0.238. The van der Waals surface area contributed by atoms with Crippen molar-refractivity contribution >= 4 is 23.9 Å². The lowest BCUT2D eigenvalue weighted by Crippen LogP contribution is -2.46. The van der Waals surface area contributed by atoms with Gasteiger partial charge in [0.25, 0.3) is 0 Å². The number of aryl methyl sites for hydroxylation is 2. The van der Waals surface area contributed by atoms with Crippen molar-refractivity contribution in [3.05, 3.63) is 70.8 Å². The van der Waals surface area contributed by atoms with E-state index in [9.17, 15) is 24.3 Å². The zero-order valence-corrected chi connectivity index (χ0v) is 16.1. The van der Waals surface area contributed by atoms with Gasteiger partial charge in [-0.3, -0.25) is 0 Å². The van der Waals surface area contributed by atoms with Crippen LogP contribution < -0.4 is 0 Å². The first kappa shape index (κ1) is 21.6. The number of benzene rings is 2. The first-order valence-electron chi connectivity index (χ1n) is 8.59. The fourth-order valence-electron chi connectivity index (χ4n) is 2.34. The van der Waals surface area contributed by atoms with Crippen LogP contribution in [0.1, 0.15) is 31.8 Å². The van der Waals surface area contributed by atoms with Crippen LogP contribution in [0.4, 0.5) is 0 Å². The third-order valence-corrected chi connectivity index (χ3v) is 3.99. The van der Waals surface area contributed by atoms with Gasteiger partial charge >= 0.3 is 23.9 Å². The molecule has 0 aliphatic rings. The Morgan fingerprint density at radius 2 is 1.10 bits per heavy atom. The maximum Gasteiger partial charge on any atom is 0.351 e. The van der Waals surface area contributed by atoms with E-state index in [1.807, 2.05) is 13.8 Å². The maximum absolute atomic E-state index is 12.3. The lowest BCUT2D eigenvalue weighted by molar-refractivity contribution is -0.168. The quantitative estimate of drug-likeness (QED) is 0.556. The number of esters is 3. The van der Waals surface area contributed by atoms with Crippen LogP contribution in [0.2, 0.25) is 0 Å². The molecule has 8 nitrogen and oxygen atoms in total. The molecule has 1 N–H and O–H groups in total. The molecule has 0 saturated heterocycles. The molecule has 0 heterocycles. The first-order valence-corrected chi connectivity index (χ1v) is 8.59. The van der Waals surface area contributed by atoms with E-state index in [0.29, 0.717) is 0 Å². The lowest BCUT2D eigenvalue weighted by atomic mass is 10.1. The van der Waals surface area contributed by atoms with Crippen LogP contribution in [0, 0.1) is 13.8 Å². The number of carbonyl (C=O) groups is 4. The minimum Gasteiger partial charge on any atom is -0.478 e. The van der Waals surface area contributed by atoms with Crippen molar-refractivity contribution in [3.8, 4) is 0 Å². The highest BCUT2D eigenvalue weighted by Crippen LogP contribution is 2.15. The maximum atomic E-state index is 12.3. The van der Waals surface area contributed by atoms with Gasteiger partial charge in [-0.15, -0.1) is 0 Å². The molecular formula is C21H20O8. The summed E-state index contributed by atoms with van der Waals surface area (Å²) in [7, 11) is 0.996. The number of aliphatic carboxylic acids is 1. The Bertz CT molecular complexity index is 899. The second kappa shape index (κ2) is 9.50. The molecule has 0 saturated carbocycles. The zero-order chi connectivity index (χ0) is 21.6. The topological polar surface area (TPSA) is 116 Å². The van der Waals surface area contributed by atoms with Crippen molar-refractivity contribution in [2.45, 2.75) is 26.1 Å². The summed E-state index contributed by atoms with van der Waals surface area (Å²) in [6, 6.07) is 12.4. The van der Waals surface area contributed by atoms with Gasteiger partial charge in [-0.2, -0.15) is 0 Å². The largest absolute Gasteiger partial charge is 0.478 e. The molecule has 2 aromatic rings. The van der Waals surface area contributed by atoms with E-state index in [0.717, 1.165) is 18.2 Å². The van der Waals surface area contributed by atoms with Crippen LogP contribution >= 0.6 is 0 Å². The molecule has 0 aliphatic carbocycles. The molecule has 8 heteroatoms. The average Bonchev–Trinajstić information content (AvgIpc) is 2.70. The summed E-state index contributed by atoms with van der Waals surface area (Å²) >= 11 is 0. The summed E-state index contributed by atoms with van der Waals surface area (Å²) in [4.78, 5) is 48.4. The SMILES string of the molecule is COC(=O)[C@H](OC(=O)c1ccc(C)cc1)[C@@H](OC(=O)c1ccc(C)cc1)C(=O)O. The first-order chi connectivity index (χ1) is 13.7. The van der Waals surface area contributed by atoms with Gasteiger partial charge in [0.15, 0.2) is 0 Å². The molecule has 0 aromatic heterocycles. The van der Waals surface area contributed by atoms with Crippen LogP contribution in [0.3, 0.4) is 0 Å². The van der Waals surface area contributed by atoms with E-state index in [-0.39, 0.29) is 11.1 Å². The van der Waals surface area contributed by atoms with Crippen LogP contribution in [0.5, 0.6) is 0 Å². The minimum atomic E-state index is -2.09. The summed E-state index contributed by atoms with van der Waals surface area (Å²) in [5.41, 5.74) is 1.95. The number of ether oxygens (including phenoxy) is 3. The Kier molecular flexibility index (Phi) is 7.08. The molecule has 0 unspecified atom stereocenters. The molecule has 2 aromatic carbocycles. The van der Waals surface area contributed by atoms with Crippen molar-refractivity contribution in [2.75, 3.05) is 7.11 Å². The van der Waals surface area contributed by atoms with Gasteiger partial charge < -0.3 is 19.3 Å². The third-order valence-electron chi connectivity index (χ3n) is 3.99. The average molecular weight is 400 g/mol. The highest BCUT2D eigenvalue weighted by atomic mass is 16.6. The van der Waals surface area contributed by atoms with Gasteiger partial charge in [-0.1, -0.05) is 35.4 Å². The van der Waals surface area contributed by atoms with Gasteiger partial charge in [0.2, 0.25) is 12.2 Å². The number of hydrogen-bond donors (Lipinski definition) is 1. The summed E-state index contributed by atoms with van der Waals surface area (Å²) in [5, 5.41) is 9.47. The standard InChI is InChI=1S/C21H20O8/c1-12-4-8-14(9-5-12)19(24)28-16(18(22)23)17(21(26)27-3)29-20(25)15-10-6-13(2)7-11-15/h4-11,16-17H,1-3H3,(H,22,23)/t16-,17-/m1/s1. The lowest BCUT2D eigenvalue weighted by Gasteiger charge is -2.22. The van der Waals surface area contributed by atoms with Gasteiger partial charge in [0, 0.05) is 0 Å². The van der Waals surface area contributed by atoms with E-state index in [1.54, 1.807) is 24.3 Å². The number of hydrogen-bond acceptors (Lipinski definition) is 7. The van der Waals surface area contributed by atoms with Crippen molar-refractivity contribution < 1.29 is 38.5 Å². The fourth-order valence-corrected chi connectivity index (χ4v) is 2.34. The van der Waals surface area contributed by atoms with Gasteiger partial charge in [0.1, 0.15) is 0 Å². The van der Waals surface area contributed by atoms with Crippen molar-refractivity contribution in [1.29, 1.82) is 0 Å². The van der Waals surface area contributed by atoms with Crippen molar-refractivity contribution in [3.63, 3.8) is 0 Å². The number of rotatable bonds is 7. The zero-order valence-electron chi connectivity index (χ0n) is 16.1. The molecule has 0 bridgehead atoms. The normalized spacial score (nSPS) is 12.4. The van der Waals surface area contributed by atoms with Crippen LogP contribution in [-0.4, -0.2) is 48.3 Å². The summed E-state index contributed by atoms with van der Waals surface area (Å²) in [6.45, 7) is 3.63. The van der Waals surface area contributed by atoms with Gasteiger partial charge in [-0.05, 0) is 38.1 Å². The van der Waals surface area contributed by atoms with E-state index in [1.165, 1.54) is 24.3 Å². The molecule has 0 spiro atoms. The number of carbonyl (C=O) groups excluding carboxylic acids is 3. The smallest absolute Gasteiger partial charge is 0.351 e. The molecule has 0 radical (unpaired) electrons. The van der Waals surface area contributed by atoms with E-state index in [4.69, 9.17) is 9.47 Å². The monoisotopic (exact) mass is 400 g/mol. The van der Waals surface area contributed by atoms with Gasteiger partial charge in [-0.25, -0.2) is 19.2 Å². The highest BCUT2D eigenvalue weighted by molar-refractivity contribution is 5.95. The van der Waals surface area contributed by atoms with Gasteiger partial charge in [0.05, 0.1) is 18.2 Å². The molecule has 29 heavy (non-hydrogen) atoms. The summed E-state index contributed by atoms with van der Waals surface area (Å²) in [5.74, 6) is -4.79. The molecule has 0 aliphatic heterocycles. The van der Waals surface area contributed by atoms with Crippen LogP contribution in [-0.2, 0) is 23.8 Å². The Labute approximate surface area is 167 Å². The van der Waals surface area contributed by atoms with Crippen LogP contribution in [0.25, 0.3) is 0 Å². The second-order valence-electron chi connectivity index (χ2n) is 6.25. The van der Waals surface area contributed by atoms with E-state index < -0.39 is 36.1 Å². The highest BCUT2D eigenvalue weighted by Gasteiger charge is 2.41. The molecule has 2 atom stereocenters. The molecule has 0 amide bonds. The predicted octanol–water partition coefficient (Wildman–Crippen LogP) is 2.31. The van der Waals surface area contributed by atoms with Crippen molar-refractivity contribution in [2.24, 2.45) is 0 Å². The summed E-state index contributed by atoms with van der Waals surface area (Å²) in [6.07, 6.45) is -4.08. The molecule has 0 fully saturated rings. The second-order valence-corrected chi connectivity index (χ2v) is 6.25. The Morgan fingerprint density at radius 1 is 0.724 bits per heavy atom. The minimum absolute atomic E-state index is 0.0790. The van der Waals surface area contributed by atoms with Crippen LogP contribution in [0.15, 0.2) is 48.5 Å². The molecule has 2 rings (SSSR count). The van der Waals surface area contributed by atoms with E-state index >= 15 is 0 Å². The molecule has 152 valence electrons. The molecular weight excluding hydrogens is 380 g/mol. The Hall–Kier alpha value is -3.68. The number of carboxylic acids is 1. The third kappa shape index (κ3) is 5.65. The Morgan fingerprint density at radius 3 is 1.45 bits per heavy atom. The number of carboxylic acid groups (broad SMARTS) is 1.